The zero-order valence-corrected chi connectivity index (χ0v) is 21.1. The molecule has 1 aliphatic rings. The fraction of sp³-hybridized carbons (Fsp3) is 0.522. The summed E-state index contributed by atoms with van der Waals surface area (Å²) in [7, 11) is -3.43. The van der Waals surface area contributed by atoms with Crippen LogP contribution in [0.5, 0.6) is 0 Å². The molecule has 1 aromatic heterocycles. The number of aromatic nitrogens is 2. The van der Waals surface area contributed by atoms with Gasteiger partial charge in [-0.3, -0.25) is 23.4 Å². The number of hydrogen-bond donors (Lipinski definition) is 2. The van der Waals surface area contributed by atoms with E-state index in [2.05, 4.69) is 4.98 Å². The summed E-state index contributed by atoms with van der Waals surface area (Å²) in [5.41, 5.74) is 6.50. The van der Waals surface area contributed by atoms with Gasteiger partial charge < -0.3 is 10.6 Å². The fourth-order valence-corrected chi connectivity index (χ4v) is 5.22. The second kappa shape index (κ2) is 9.65. The monoisotopic (exact) mass is 491 g/mol. The molecule has 0 saturated heterocycles. The van der Waals surface area contributed by atoms with Gasteiger partial charge >= 0.3 is 5.69 Å². The molecule has 1 amide bonds. The molecular weight excluding hydrogens is 458 g/mol. The van der Waals surface area contributed by atoms with Crippen LogP contribution in [0, 0.1) is 11.8 Å². The number of rotatable bonds is 7. The first-order chi connectivity index (χ1) is 15.8. The Hall–Kier alpha value is -3.08. The molecule has 186 valence electrons. The average Bonchev–Trinajstić information content (AvgIpc) is 2.73. The van der Waals surface area contributed by atoms with Crippen LogP contribution in [0.2, 0.25) is 0 Å². The van der Waals surface area contributed by atoms with Gasteiger partial charge in [0.05, 0.1) is 11.9 Å². The van der Waals surface area contributed by atoms with E-state index in [0.29, 0.717) is 37.2 Å². The highest BCUT2D eigenvalue weighted by Crippen LogP contribution is 2.31. The number of aryl methyl sites for hydroxylation is 1. The van der Waals surface area contributed by atoms with E-state index < -0.39 is 27.2 Å². The van der Waals surface area contributed by atoms with Gasteiger partial charge in [0.25, 0.3) is 11.5 Å². The van der Waals surface area contributed by atoms with Crippen molar-refractivity contribution in [2.45, 2.75) is 47.1 Å². The molecule has 0 spiro atoms. The number of fused-ring (bicyclic) bond motifs is 1. The summed E-state index contributed by atoms with van der Waals surface area (Å²) in [6, 6.07) is 4.87. The molecule has 1 aliphatic heterocycles. The number of H-pyrrole nitrogens is 1. The first-order valence-electron chi connectivity index (χ1n) is 11.4. The van der Waals surface area contributed by atoms with Crippen molar-refractivity contribution in [2.24, 2.45) is 11.8 Å². The number of hydrogen-bond acceptors (Lipinski definition) is 6. The zero-order chi connectivity index (χ0) is 25.4. The normalized spacial score (nSPS) is 13.9. The van der Waals surface area contributed by atoms with Gasteiger partial charge in [0.1, 0.15) is 5.82 Å². The minimum absolute atomic E-state index is 0.00609. The predicted molar refractivity (Wildman–Crippen MR) is 134 cm³/mol. The molecule has 0 aliphatic carbocycles. The Kier molecular flexibility index (Phi) is 7.25. The topological polar surface area (TPSA) is 139 Å². The molecule has 34 heavy (non-hydrogen) atoms. The van der Waals surface area contributed by atoms with E-state index in [1.165, 1.54) is 13.8 Å². The van der Waals surface area contributed by atoms with Crippen LogP contribution in [-0.4, -0.2) is 43.2 Å². The second-order valence-electron chi connectivity index (χ2n) is 9.59. The van der Waals surface area contributed by atoms with Crippen LogP contribution < -0.4 is 26.2 Å². The highest BCUT2D eigenvalue weighted by atomic mass is 32.2. The van der Waals surface area contributed by atoms with Crippen molar-refractivity contribution in [3.63, 3.8) is 0 Å². The lowest BCUT2D eigenvalue weighted by Crippen LogP contribution is -2.43. The fourth-order valence-electron chi connectivity index (χ4n) is 4.22. The van der Waals surface area contributed by atoms with Crippen molar-refractivity contribution in [1.82, 2.24) is 9.55 Å². The van der Waals surface area contributed by atoms with Gasteiger partial charge in [-0.15, -0.1) is 0 Å². The molecule has 2 aromatic rings. The molecule has 0 saturated carbocycles. The SMILES string of the molecule is CC(C)CN(C(=O)c1ccc2c(c1)CCCN2S(C)(=O)=O)c1c(N)n(CC(C)C)c(=O)[nH]c1=O. The summed E-state index contributed by atoms with van der Waals surface area (Å²) in [4.78, 5) is 42.5. The first-order valence-corrected chi connectivity index (χ1v) is 13.2. The molecule has 1 aromatic carbocycles. The third kappa shape index (κ3) is 5.19. The zero-order valence-electron chi connectivity index (χ0n) is 20.3. The van der Waals surface area contributed by atoms with Crippen LogP contribution in [-0.2, 0) is 23.0 Å². The van der Waals surface area contributed by atoms with Gasteiger partial charge in [-0.25, -0.2) is 13.2 Å². The Balaban J connectivity index is 2.11. The molecule has 11 heteroatoms. The summed E-state index contributed by atoms with van der Waals surface area (Å²) in [5, 5.41) is 0. The van der Waals surface area contributed by atoms with E-state index in [1.807, 2.05) is 27.7 Å². The lowest BCUT2D eigenvalue weighted by Gasteiger charge is -2.30. The maximum Gasteiger partial charge on any atom is 0.330 e. The minimum atomic E-state index is -3.43. The molecule has 0 unspecified atom stereocenters. The van der Waals surface area contributed by atoms with Gasteiger partial charge in [0.2, 0.25) is 10.0 Å². The summed E-state index contributed by atoms with van der Waals surface area (Å²) < 4.78 is 26.9. The third-order valence-electron chi connectivity index (χ3n) is 5.63. The highest BCUT2D eigenvalue weighted by Gasteiger charge is 2.29. The van der Waals surface area contributed by atoms with E-state index in [9.17, 15) is 22.8 Å². The molecule has 3 N–H and O–H groups in total. The number of nitrogen functional groups attached to an aromatic ring is 1. The number of sulfonamides is 1. The van der Waals surface area contributed by atoms with E-state index in [4.69, 9.17) is 5.73 Å². The molecule has 0 radical (unpaired) electrons. The quantitative estimate of drug-likeness (QED) is 0.605. The number of carbonyl (C=O) groups is 1. The number of nitrogens with two attached hydrogens (primary N) is 1. The number of nitrogens with one attached hydrogen (secondary N) is 1. The molecule has 0 bridgehead atoms. The van der Waals surface area contributed by atoms with E-state index in [-0.39, 0.29) is 29.9 Å². The lowest BCUT2D eigenvalue weighted by molar-refractivity contribution is 0.0983. The predicted octanol–water partition coefficient (Wildman–Crippen LogP) is 1.79. The summed E-state index contributed by atoms with van der Waals surface area (Å²) in [6.45, 7) is 8.54. The van der Waals surface area contributed by atoms with E-state index in [1.54, 1.807) is 18.2 Å². The Morgan fingerprint density at radius 3 is 2.44 bits per heavy atom. The van der Waals surface area contributed by atoms with Crippen LogP contribution in [0.4, 0.5) is 17.2 Å². The Morgan fingerprint density at radius 1 is 1.18 bits per heavy atom. The van der Waals surface area contributed by atoms with Crippen LogP contribution in [0.25, 0.3) is 0 Å². The van der Waals surface area contributed by atoms with Crippen molar-refractivity contribution in [2.75, 3.05) is 34.3 Å². The van der Waals surface area contributed by atoms with Crippen molar-refractivity contribution in [3.05, 3.63) is 50.2 Å². The smallest absolute Gasteiger partial charge is 0.330 e. The number of carbonyl (C=O) groups excluding carboxylic acids is 1. The second-order valence-corrected chi connectivity index (χ2v) is 11.5. The summed E-state index contributed by atoms with van der Waals surface area (Å²) in [6.07, 6.45) is 2.43. The molecule has 3 rings (SSSR count). The van der Waals surface area contributed by atoms with Crippen molar-refractivity contribution in [1.29, 1.82) is 0 Å². The van der Waals surface area contributed by atoms with Gasteiger partial charge in [-0.05, 0) is 48.4 Å². The number of nitrogens with zero attached hydrogens (tertiary/aromatic N) is 3. The van der Waals surface area contributed by atoms with Gasteiger partial charge in [0.15, 0.2) is 5.69 Å². The Bertz CT molecular complexity index is 1310. The van der Waals surface area contributed by atoms with Crippen LogP contribution in [0.15, 0.2) is 27.8 Å². The number of amides is 1. The van der Waals surface area contributed by atoms with Gasteiger partial charge in [0, 0.05) is 25.2 Å². The molecule has 2 heterocycles. The van der Waals surface area contributed by atoms with E-state index in [0.717, 1.165) is 11.8 Å². The summed E-state index contributed by atoms with van der Waals surface area (Å²) in [5.74, 6) is -0.407. The van der Waals surface area contributed by atoms with Gasteiger partial charge in [-0.2, -0.15) is 0 Å². The molecule has 0 atom stereocenters. The third-order valence-corrected chi connectivity index (χ3v) is 6.81. The van der Waals surface area contributed by atoms with Crippen molar-refractivity contribution < 1.29 is 13.2 Å². The maximum absolute atomic E-state index is 13.7. The Morgan fingerprint density at radius 2 is 1.85 bits per heavy atom. The molecular formula is C23H33N5O5S. The van der Waals surface area contributed by atoms with Crippen LogP contribution >= 0.6 is 0 Å². The average molecular weight is 492 g/mol. The number of benzene rings is 1. The molecule has 0 fully saturated rings. The standard InChI is InChI=1S/C23H33N5O5S/c1-14(2)12-26(19-20(24)27(13-15(3)4)23(31)25-21(19)29)22(30)17-8-9-18-16(11-17)7-6-10-28(18)34(5,32)33/h8-9,11,14-15H,6-7,10,12-13,24H2,1-5H3,(H,25,29,31). The van der Waals surface area contributed by atoms with Crippen LogP contribution in [0.3, 0.4) is 0 Å². The Labute approximate surface area is 199 Å². The largest absolute Gasteiger partial charge is 0.383 e. The highest BCUT2D eigenvalue weighted by molar-refractivity contribution is 7.92. The lowest BCUT2D eigenvalue weighted by atomic mass is 10.00. The van der Waals surface area contributed by atoms with Crippen molar-refractivity contribution >= 4 is 33.1 Å². The van der Waals surface area contributed by atoms with Gasteiger partial charge in [-0.1, -0.05) is 27.7 Å². The van der Waals surface area contributed by atoms with E-state index >= 15 is 0 Å². The minimum Gasteiger partial charge on any atom is -0.383 e. The molecule has 10 nitrogen and oxygen atoms in total. The van der Waals surface area contributed by atoms with Crippen LogP contribution in [0.1, 0.15) is 50.0 Å². The van der Waals surface area contributed by atoms with Crippen molar-refractivity contribution in [3.8, 4) is 0 Å². The first kappa shape index (κ1) is 25.5. The maximum atomic E-state index is 13.7. The number of anilines is 3. The summed E-state index contributed by atoms with van der Waals surface area (Å²) >= 11 is 0. The number of aromatic amines is 1.